The van der Waals surface area contributed by atoms with E-state index in [4.69, 9.17) is 15.0 Å². The molecule has 0 radical (unpaired) electrons. The monoisotopic (exact) mass is 367 g/mol. The first kappa shape index (κ1) is 19.3. The predicted molar refractivity (Wildman–Crippen MR) is 110 cm³/mol. The zero-order valence-corrected chi connectivity index (χ0v) is 17.0. The molecule has 3 rings (SSSR count). The predicted octanol–water partition coefficient (Wildman–Crippen LogP) is 4.22. The third-order valence-corrected chi connectivity index (χ3v) is 5.02. The smallest absolute Gasteiger partial charge is 0.159 e. The van der Waals surface area contributed by atoms with Gasteiger partial charge in [-0.3, -0.25) is 0 Å². The van der Waals surface area contributed by atoms with Crippen molar-refractivity contribution in [2.24, 2.45) is 0 Å². The van der Waals surface area contributed by atoms with Crippen molar-refractivity contribution in [2.75, 3.05) is 19.0 Å². The van der Waals surface area contributed by atoms with Gasteiger partial charge in [-0.25, -0.2) is 15.0 Å². The summed E-state index contributed by atoms with van der Waals surface area (Å²) in [5.41, 5.74) is 6.59. The Morgan fingerprint density at radius 2 is 1.85 bits per heavy atom. The van der Waals surface area contributed by atoms with Gasteiger partial charge < -0.3 is 15.0 Å². The Labute approximate surface area is 160 Å². The molecule has 6 nitrogen and oxygen atoms in total. The van der Waals surface area contributed by atoms with Crippen molar-refractivity contribution in [3.63, 3.8) is 0 Å². The molecule has 1 atom stereocenters. The lowest BCUT2D eigenvalue weighted by Gasteiger charge is -2.15. The second kappa shape index (κ2) is 7.64. The highest BCUT2D eigenvalue weighted by atomic mass is 16.3. The van der Waals surface area contributed by atoms with Gasteiger partial charge in [0, 0.05) is 37.2 Å². The van der Waals surface area contributed by atoms with Gasteiger partial charge in [0.2, 0.25) is 0 Å². The first-order chi connectivity index (χ1) is 12.9. The molecule has 0 unspecified atom stereocenters. The van der Waals surface area contributed by atoms with Crippen LogP contribution in [0.4, 0.5) is 5.82 Å². The van der Waals surface area contributed by atoms with E-state index in [1.165, 1.54) is 0 Å². The Balaban J connectivity index is 2.17. The van der Waals surface area contributed by atoms with Gasteiger partial charge in [0.1, 0.15) is 11.3 Å². The van der Waals surface area contributed by atoms with Crippen LogP contribution in [-0.2, 0) is 0 Å². The summed E-state index contributed by atoms with van der Waals surface area (Å²) in [5, 5.41) is 12.5. The lowest BCUT2D eigenvalue weighted by Crippen LogP contribution is -2.08. The van der Waals surface area contributed by atoms with E-state index >= 15 is 0 Å². The highest BCUT2D eigenvalue weighted by molar-refractivity contribution is 5.82. The second-order valence-corrected chi connectivity index (χ2v) is 7.45. The lowest BCUT2D eigenvalue weighted by molar-refractivity contribution is 0.264. The van der Waals surface area contributed by atoms with Crippen LogP contribution in [0, 0.1) is 13.8 Å². The van der Waals surface area contributed by atoms with Gasteiger partial charge in [-0.15, -0.1) is 0 Å². The molecule has 0 bridgehead atoms. The quantitative estimate of drug-likeness (QED) is 0.682. The maximum atomic E-state index is 9.28. The van der Waals surface area contributed by atoms with Crippen LogP contribution in [0.25, 0.3) is 22.4 Å². The van der Waals surface area contributed by atoms with Crippen molar-refractivity contribution in [2.45, 2.75) is 53.0 Å². The number of rotatable bonds is 6. The molecule has 144 valence electrons. The number of aromatic nitrogens is 4. The third-order valence-electron chi connectivity index (χ3n) is 5.02. The maximum absolute atomic E-state index is 9.28. The van der Waals surface area contributed by atoms with Crippen LogP contribution < -0.4 is 5.32 Å². The van der Waals surface area contributed by atoms with Crippen LogP contribution in [0.1, 0.15) is 56.1 Å². The molecule has 0 amide bonds. The molecule has 3 aromatic heterocycles. The first-order valence-corrected chi connectivity index (χ1v) is 9.53. The van der Waals surface area contributed by atoms with E-state index in [1.54, 1.807) is 0 Å². The summed E-state index contributed by atoms with van der Waals surface area (Å²) in [4.78, 5) is 14.6. The van der Waals surface area contributed by atoms with Crippen molar-refractivity contribution in [1.29, 1.82) is 0 Å². The fourth-order valence-corrected chi connectivity index (χ4v) is 3.38. The standard InChI is InChI=1S/C21H29N5O/c1-12(2)17-8-7-16(20(22-6)24-17)19-15(5)23-21-18(25-19)13(3)11-26(21)14(4)9-10-27/h7-8,11-12,14,27H,9-10H2,1-6H3,(H,22,24)/t14-/m0/s1. The van der Waals surface area contributed by atoms with Crippen LogP contribution >= 0.6 is 0 Å². The molecule has 0 spiro atoms. The Bertz CT molecular complexity index is 961. The van der Waals surface area contributed by atoms with Gasteiger partial charge in [0.15, 0.2) is 5.65 Å². The topological polar surface area (TPSA) is 75.9 Å². The molecule has 0 saturated heterocycles. The summed E-state index contributed by atoms with van der Waals surface area (Å²) in [5.74, 6) is 1.19. The maximum Gasteiger partial charge on any atom is 0.159 e. The molecule has 3 aromatic rings. The highest BCUT2D eigenvalue weighted by Crippen LogP contribution is 2.32. The number of aliphatic hydroxyl groups is 1. The van der Waals surface area contributed by atoms with Gasteiger partial charge in [0.05, 0.1) is 11.4 Å². The number of aryl methyl sites for hydroxylation is 2. The van der Waals surface area contributed by atoms with E-state index in [9.17, 15) is 5.11 Å². The van der Waals surface area contributed by atoms with Gasteiger partial charge in [-0.05, 0) is 50.8 Å². The Kier molecular flexibility index (Phi) is 5.46. The van der Waals surface area contributed by atoms with E-state index in [2.05, 4.69) is 55.9 Å². The largest absolute Gasteiger partial charge is 0.396 e. The number of pyridine rings is 1. The number of fused-ring (bicyclic) bond motifs is 1. The minimum atomic E-state index is 0.157. The van der Waals surface area contributed by atoms with E-state index < -0.39 is 0 Å². The summed E-state index contributed by atoms with van der Waals surface area (Å²) in [7, 11) is 1.88. The van der Waals surface area contributed by atoms with E-state index in [0.29, 0.717) is 12.3 Å². The molecule has 27 heavy (non-hydrogen) atoms. The zero-order chi connectivity index (χ0) is 19.7. The van der Waals surface area contributed by atoms with Crippen LogP contribution in [0.5, 0.6) is 0 Å². The minimum Gasteiger partial charge on any atom is -0.396 e. The van der Waals surface area contributed by atoms with Crippen LogP contribution in [0.15, 0.2) is 18.3 Å². The van der Waals surface area contributed by atoms with Crippen molar-refractivity contribution < 1.29 is 5.11 Å². The van der Waals surface area contributed by atoms with Crippen LogP contribution in [0.2, 0.25) is 0 Å². The molecule has 0 aliphatic rings. The molecule has 0 aromatic carbocycles. The average molecular weight is 367 g/mol. The molecule has 0 fully saturated rings. The zero-order valence-electron chi connectivity index (χ0n) is 17.0. The van der Waals surface area contributed by atoms with Gasteiger partial charge in [-0.2, -0.15) is 0 Å². The fraction of sp³-hybridized carbons (Fsp3) is 0.476. The Morgan fingerprint density at radius 1 is 1.11 bits per heavy atom. The highest BCUT2D eigenvalue weighted by Gasteiger charge is 2.18. The van der Waals surface area contributed by atoms with Crippen molar-refractivity contribution in [3.05, 3.63) is 35.3 Å². The summed E-state index contributed by atoms with van der Waals surface area (Å²) in [6, 6.07) is 4.32. The summed E-state index contributed by atoms with van der Waals surface area (Å²) >= 11 is 0. The number of nitrogens with zero attached hydrogens (tertiary/aromatic N) is 4. The molecule has 3 heterocycles. The van der Waals surface area contributed by atoms with E-state index in [-0.39, 0.29) is 12.6 Å². The number of aliphatic hydroxyl groups excluding tert-OH is 1. The second-order valence-electron chi connectivity index (χ2n) is 7.45. The molecule has 0 aliphatic heterocycles. The molecule has 0 aliphatic carbocycles. The van der Waals surface area contributed by atoms with Crippen LogP contribution in [-0.4, -0.2) is 38.3 Å². The van der Waals surface area contributed by atoms with Crippen molar-refractivity contribution in [1.82, 2.24) is 19.5 Å². The minimum absolute atomic E-state index is 0.157. The number of hydrogen-bond donors (Lipinski definition) is 2. The van der Waals surface area contributed by atoms with Gasteiger partial charge >= 0.3 is 0 Å². The molecular weight excluding hydrogens is 338 g/mol. The molecular formula is C21H29N5O. The normalized spacial score (nSPS) is 12.7. The number of hydrogen-bond acceptors (Lipinski definition) is 5. The molecule has 2 N–H and O–H groups in total. The lowest BCUT2D eigenvalue weighted by atomic mass is 10.1. The van der Waals surface area contributed by atoms with E-state index in [1.807, 2.05) is 14.0 Å². The molecule has 0 saturated carbocycles. The summed E-state index contributed by atoms with van der Waals surface area (Å²) < 4.78 is 2.11. The Morgan fingerprint density at radius 3 is 2.48 bits per heavy atom. The van der Waals surface area contributed by atoms with E-state index in [0.717, 1.165) is 45.2 Å². The first-order valence-electron chi connectivity index (χ1n) is 9.53. The number of anilines is 1. The van der Waals surface area contributed by atoms with Gasteiger partial charge in [-0.1, -0.05) is 13.8 Å². The average Bonchev–Trinajstić information content (AvgIpc) is 2.96. The van der Waals surface area contributed by atoms with Crippen LogP contribution in [0.3, 0.4) is 0 Å². The number of nitrogens with one attached hydrogen (secondary N) is 1. The van der Waals surface area contributed by atoms with Crippen molar-refractivity contribution >= 4 is 17.0 Å². The van der Waals surface area contributed by atoms with Gasteiger partial charge in [0.25, 0.3) is 0 Å². The fourth-order valence-electron chi connectivity index (χ4n) is 3.38. The third kappa shape index (κ3) is 3.54. The Hall–Kier alpha value is -2.47. The van der Waals surface area contributed by atoms with Crippen molar-refractivity contribution in [3.8, 4) is 11.3 Å². The summed E-state index contributed by atoms with van der Waals surface area (Å²) in [6.45, 7) is 10.6. The SMILES string of the molecule is CNc1nc(C(C)C)ccc1-c1nc2c(C)cn([C@@H](C)CCO)c2nc1C. The summed E-state index contributed by atoms with van der Waals surface area (Å²) in [6.07, 6.45) is 2.77. The molecule has 6 heteroatoms.